The van der Waals surface area contributed by atoms with E-state index in [2.05, 4.69) is 29.5 Å². The van der Waals surface area contributed by atoms with Crippen molar-refractivity contribution in [2.45, 2.75) is 18.4 Å². The van der Waals surface area contributed by atoms with Gasteiger partial charge in [-0.1, -0.05) is 19.1 Å². The van der Waals surface area contributed by atoms with Crippen LogP contribution in [0.1, 0.15) is 12.6 Å². The van der Waals surface area contributed by atoms with Crippen molar-refractivity contribution in [3.63, 3.8) is 0 Å². The Balaban J connectivity index is 2.24. The maximum absolute atomic E-state index is 5.53. The summed E-state index contributed by atoms with van der Waals surface area (Å²) in [4.78, 5) is 5.67. The van der Waals surface area contributed by atoms with Crippen LogP contribution in [0, 0.1) is 0 Å². The Morgan fingerprint density at radius 1 is 1.35 bits per heavy atom. The van der Waals surface area contributed by atoms with Crippen LogP contribution >= 0.6 is 11.8 Å². The number of rotatable bonds is 5. The van der Waals surface area contributed by atoms with Gasteiger partial charge in [0.1, 0.15) is 6.26 Å². The van der Waals surface area contributed by atoms with E-state index in [0.29, 0.717) is 5.89 Å². The topological polar surface area (TPSA) is 38.1 Å². The minimum Gasteiger partial charge on any atom is -0.444 e. The third kappa shape index (κ3) is 2.90. The van der Waals surface area contributed by atoms with Gasteiger partial charge in [-0.05, 0) is 24.9 Å². The molecule has 4 heteroatoms. The Bertz CT molecular complexity index is 482. The van der Waals surface area contributed by atoms with E-state index >= 15 is 0 Å². The fourth-order valence-corrected chi connectivity index (χ4v) is 2.18. The van der Waals surface area contributed by atoms with Crippen LogP contribution in [0.3, 0.4) is 0 Å². The number of benzene rings is 1. The molecular formula is C13H16N2OS. The van der Waals surface area contributed by atoms with Gasteiger partial charge in [-0.15, -0.1) is 11.8 Å². The average molecular weight is 248 g/mol. The molecule has 1 aromatic carbocycles. The first-order valence-electron chi connectivity index (χ1n) is 5.63. The van der Waals surface area contributed by atoms with Gasteiger partial charge in [-0.3, -0.25) is 0 Å². The zero-order valence-electron chi connectivity index (χ0n) is 10.1. The molecule has 0 aliphatic carbocycles. The second kappa shape index (κ2) is 5.89. The predicted octanol–water partition coefficient (Wildman–Crippen LogP) is 3.17. The van der Waals surface area contributed by atoms with Gasteiger partial charge >= 0.3 is 0 Å². The van der Waals surface area contributed by atoms with Crippen molar-refractivity contribution in [1.82, 2.24) is 10.3 Å². The minimum absolute atomic E-state index is 0.697. The third-order valence-electron chi connectivity index (χ3n) is 2.45. The van der Waals surface area contributed by atoms with Crippen molar-refractivity contribution in [1.29, 1.82) is 0 Å². The van der Waals surface area contributed by atoms with E-state index in [1.807, 2.05) is 18.2 Å². The minimum atomic E-state index is 0.697. The Hall–Kier alpha value is -1.26. The number of nitrogens with one attached hydrogen (secondary N) is 1. The average Bonchev–Trinajstić information content (AvgIpc) is 2.85. The molecule has 0 atom stereocenters. The molecule has 0 radical (unpaired) electrons. The molecule has 17 heavy (non-hydrogen) atoms. The summed E-state index contributed by atoms with van der Waals surface area (Å²) in [5.41, 5.74) is 2.00. The van der Waals surface area contributed by atoms with E-state index in [0.717, 1.165) is 24.3 Å². The number of thioether (sulfide) groups is 1. The molecule has 2 rings (SSSR count). The van der Waals surface area contributed by atoms with Crippen LogP contribution in [-0.2, 0) is 6.54 Å². The lowest BCUT2D eigenvalue weighted by molar-refractivity contribution is 0.569. The molecule has 0 unspecified atom stereocenters. The van der Waals surface area contributed by atoms with Crippen LogP contribution in [0.25, 0.3) is 11.5 Å². The van der Waals surface area contributed by atoms with Gasteiger partial charge in [-0.25, -0.2) is 4.98 Å². The lowest BCUT2D eigenvalue weighted by Gasteiger charge is -2.01. The van der Waals surface area contributed by atoms with Crippen molar-refractivity contribution < 1.29 is 4.42 Å². The summed E-state index contributed by atoms with van der Waals surface area (Å²) in [5, 5.41) is 3.23. The van der Waals surface area contributed by atoms with Crippen LogP contribution < -0.4 is 5.32 Å². The Morgan fingerprint density at radius 3 is 2.94 bits per heavy atom. The van der Waals surface area contributed by atoms with Crippen LogP contribution in [0.5, 0.6) is 0 Å². The summed E-state index contributed by atoms with van der Waals surface area (Å²) in [6.45, 7) is 3.76. The maximum atomic E-state index is 5.53. The van der Waals surface area contributed by atoms with Crippen molar-refractivity contribution in [3.8, 4) is 11.5 Å². The summed E-state index contributed by atoms with van der Waals surface area (Å²) in [6.07, 6.45) is 3.77. The lowest BCUT2D eigenvalue weighted by Crippen LogP contribution is -2.11. The Kier molecular flexibility index (Phi) is 4.23. The van der Waals surface area contributed by atoms with E-state index in [-0.39, 0.29) is 0 Å². The first kappa shape index (κ1) is 12.2. The fraction of sp³-hybridized carbons (Fsp3) is 0.308. The van der Waals surface area contributed by atoms with E-state index in [9.17, 15) is 0 Å². The molecule has 1 heterocycles. The second-order valence-electron chi connectivity index (χ2n) is 3.62. The molecule has 0 bridgehead atoms. The highest BCUT2D eigenvalue weighted by atomic mass is 32.2. The standard InChI is InChI=1S/C13H16N2OS/c1-3-14-8-10-9-16-13(15-10)11-6-4-5-7-12(11)17-2/h4-7,9,14H,3,8H2,1-2H3. The largest absolute Gasteiger partial charge is 0.444 e. The van der Waals surface area contributed by atoms with Crippen LogP contribution in [0.2, 0.25) is 0 Å². The molecule has 1 N–H and O–H groups in total. The number of nitrogens with zero attached hydrogens (tertiary/aromatic N) is 1. The molecule has 0 saturated heterocycles. The van der Waals surface area contributed by atoms with Gasteiger partial charge in [0.25, 0.3) is 0 Å². The van der Waals surface area contributed by atoms with Gasteiger partial charge in [0.15, 0.2) is 0 Å². The number of oxazole rings is 1. The number of hydrogen-bond acceptors (Lipinski definition) is 4. The van der Waals surface area contributed by atoms with Gasteiger partial charge in [0.2, 0.25) is 5.89 Å². The molecular weight excluding hydrogens is 232 g/mol. The maximum Gasteiger partial charge on any atom is 0.227 e. The normalized spacial score (nSPS) is 10.7. The molecule has 0 aliphatic rings. The summed E-state index contributed by atoms with van der Waals surface area (Å²) < 4.78 is 5.53. The molecule has 0 fully saturated rings. The summed E-state index contributed by atoms with van der Waals surface area (Å²) in [7, 11) is 0. The van der Waals surface area contributed by atoms with Crippen molar-refractivity contribution >= 4 is 11.8 Å². The zero-order valence-corrected chi connectivity index (χ0v) is 10.9. The predicted molar refractivity (Wildman–Crippen MR) is 71.1 cm³/mol. The summed E-state index contributed by atoms with van der Waals surface area (Å²) in [6, 6.07) is 8.14. The molecule has 0 spiro atoms. The monoisotopic (exact) mass is 248 g/mol. The van der Waals surface area contributed by atoms with Gasteiger partial charge in [-0.2, -0.15) is 0 Å². The van der Waals surface area contributed by atoms with Gasteiger partial charge < -0.3 is 9.73 Å². The van der Waals surface area contributed by atoms with E-state index in [1.54, 1.807) is 18.0 Å². The Morgan fingerprint density at radius 2 is 2.18 bits per heavy atom. The fourth-order valence-electron chi connectivity index (χ4n) is 1.59. The van der Waals surface area contributed by atoms with Crippen molar-refractivity contribution in [2.75, 3.05) is 12.8 Å². The molecule has 2 aromatic rings. The van der Waals surface area contributed by atoms with Gasteiger partial charge in [0.05, 0.1) is 11.3 Å². The smallest absolute Gasteiger partial charge is 0.227 e. The molecule has 0 saturated carbocycles. The summed E-state index contributed by atoms with van der Waals surface area (Å²) in [5.74, 6) is 0.697. The first-order valence-corrected chi connectivity index (χ1v) is 6.86. The van der Waals surface area contributed by atoms with Crippen molar-refractivity contribution in [2.24, 2.45) is 0 Å². The quantitative estimate of drug-likeness (QED) is 0.825. The van der Waals surface area contributed by atoms with Crippen molar-refractivity contribution in [3.05, 3.63) is 36.2 Å². The second-order valence-corrected chi connectivity index (χ2v) is 4.47. The first-order chi connectivity index (χ1) is 8.35. The molecule has 1 aromatic heterocycles. The van der Waals surface area contributed by atoms with Gasteiger partial charge in [0, 0.05) is 11.4 Å². The third-order valence-corrected chi connectivity index (χ3v) is 3.24. The van der Waals surface area contributed by atoms with Crippen LogP contribution in [-0.4, -0.2) is 17.8 Å². The highest BCUT2D eigenvalue weighted by molar-refractivity contribution is 7.98. The van der Waals surface area contributed by atoms with Crippen LogP contribution in [0.15, 0.2) is 39.8 Å². The number of hydrogen-bond donors (Lipinski definition) is 1. The molecule has 90 valence electrons. The Labute approximate surface area is 106 Å². The van der Waals surface area contributed by atoms with E-state index < -0.39 is 0 Å². The highest BCUT2D eigenvalue weighted by Gasteiger charge is 2.09. The number of aromatic nitrogens is 1. The highest BCUT2D eigenvalue weighted by Crippen LogP contribution is 2.29. The van der Waals surface area contributed by atoms with E-state index in [1.165, 1.54) is 4.90 Å². The zero-order chi connectivity index (χ0) is 12.1. The SMILES string of the molecule is CCNCc1coc(-c2ccccc2SC)n1. The lowest BCUT2D eigenvalue weighted by atomic mass is 10.2. The van der Waals surface area contributed by atoms with Crippen LogP contribution in [0.4, 0.5) is 0 Å². The summed E-state index contributed by atoms with van der Waals surface area (Å²) >= 11 is 1.70. The van der Waals surface area contributed by atoms with E-state index in [4.69, 9.17) is 4.42 Å². The molecule has 0 aliphatic heterocycles. The molecule has 0 amide bonds. The molecule has 3 nitrogen and oxygen atoms in total.